The molecule has 3 heterocycles. The van der Waals surface area contributed by atoms with Gasteiger partial charge >= 0.3 is 0 Å². The summed E-state index contributed by atoms with van der Waals surface area (Å²) in [4.78, 5) is 29.1. The summed E-state index contributed by atoms with van der Waals surface area (Å²) in [7, 11) is 0. The van der Waals surface area contributed by atoms with Crippen LogP contribution in [0.2, 0.25) is 0 Å². The number of piperidine rings is 1. The van der Waals surface area contributed by atoms with Gasteiger partial charge in [-0.1, -0.05) is 0 Å². The second kappa shape index (κ2) is 6.96. The molecule has 2 amide bonds. The van der Waals surface area contributed by atoms with Crippen molar-refractivity contribution >= 4 is 11.8 Å². The molecular formula is C16H27N3O3. The van der Waals surface area contributed by atoms with Crippen molar-refractivity contribution in [1.29, 1.82) is 0 Å². The molecule has 6 heteroatoms. The van der Waals surface area contributed by atoms with Crippen molar-refractivity contribution < 1.29 is 14.3 Å². The Balaban J connectivity index is 1.59. The number of ether oxygens (including phenoxy) is 1. The van der Waals surface area contributed by atoms with Crippen molar-refractivity contribution in [1.82, 2.24) is 15.1 Å². The van der Waals surface area contributed by atoms with Gasteiger partial charge < -0.3 is 19.9 Å². The largest absolute Gasteiger partial charge is 0.375 e. The van der Waals surface area contributed by atoms with Crippen LogP contribution in [0.3, 0.4) is 0 Å². The van der Waals surface area contributed by atoms with Crippen molar-refractivity contribution in [2.24, 2.45) is 5.92 Å². The molecule has 0 aromatic rings. The summed E-state index contributed by atoms with van der Waals surface area (Å²) in [6, 6.07) is -0.269. The molecule has 6 nitrogen and oxygen atoms in total. The Morgan fingerprint density at radius 3 is 2.50 bits per heavy atom. The summed E-state index contributed by atoms with van der Waals surface area (Å²) >= 11 is 0. The lowest BCUT2D eigenvalue weighted by molar-refractivity contribution is -0.144. The zero-order chi connectivity index (χ0) is 15.5. The van der Waals surface area contributed by atoms with Crippen molar-refractivity contribution in [3.8, 4) is 0 Å². The lowest BCUT2D eigenvalue weighted by Crippen LogP contribution is -2.58. The first kappa shape index (κ1) is 15.7. The van der Waals surface area contributed by atoms with E-state index in [9.17, 15) is 9.59 Å². The Morgan fingerprint density at radius 2 is 1.77 bits per heavy atom. The SMILES string of the molecule is C[C@H]1OCCN[C@@H]1C(=O)N1CCCC(C(=O)N2CCCC2)C1. The van der Waals surface area contributed by atoms with Crippen LogP contribution in [0.4, 0.5) is 0 Å². The second-order valence-electron chi connectivity index (χ2n) is 6.66. The molecule has 3 atom stereocenters. The predicted molar refractivity (Wildman–Crippen MR) is 82.3 cm³/mol. The molecule has 3 fully saturated rings. The summed E-state index contributed by atoms with van der Waals surface area (Å²) in [6.45, 7) is 6.40. The maximum absolute atomic E-state index is 12.7. The third-order valence-electron chi connectivity index (χ3n) is 5.08. The van der Waals surface area contributed by atoms with E-state index in [-0.39, 0.29) is 29.9 Å². The van der Waals surface area contributed by atoms with Gasteiger partial charge in [0.1, 0.15) is 6.04 Å². The molecule has 3 rings (SSSR count). The fourth-order valence-electron chi connectivity index (χ4n) is 3.78. The monoisotopic (exact) mass is 309 g/mol. The maximum atomic E-state index is 12.7. The van der Waals surface area contributed by atoms with Crippen molar-refractivity contribution in [2.45, 2.75) is 44.8 Å². The molecule has 0 aromatic heterocycles. The smallest absolute Gasteiger partial charge is 0.242 e. The highest BCUT2D eigenvalue weighted by Gasteiger charge is 2.36. The maximum Gasteiger partial charge on any atom is 0.242 e. The Morgan fingerprint density at radius 1 is 1.05 bits per heavy atom. The van der Waals surface area contributed by atoms with Crippen LogP contribution in [0.1, 0.15) is 32.6 Å². The van der Waals surface area contributed by atoms with Crippen LogP contribution in [0.5, 0.6) is 0 Å². The van der Waals surface area contributed by atoms with Crippen molar-refractivity contribution in [3.63, 3.8) is 0 Å². The Bertz CT molecular complexity index is 423. The lowest BCUT2D eigenvalue weighted by atomic mass is 9.95. The van der Waals surface area contributed by atoms with E-state index in [0.29, 0.717) is 19.7 Å². The summed E-state index contributed by atoms with van der Waals surface area (Å²) in [5, 5.41) is 3.25. The summed E-state index contributed by atoms with van der Waals surface area (Å²) < 4.78 is 5.57. The molecule has 124 valence electrons. The Hall–Kier alpha value is -1.14. The van der Waals surface area contributed by atoms with Crippen molar-refractivity contribution in [3.05, 3.63) is 0 Å². The molecule has 0 bridgehead atoms. The molecule has 0 saturated carbocycles. The van der Waals surface area contributed by atoms with Crippen LogP contribution in [0, 0.1) is 5.92 Å². The van der Waals surface area contributed by atoms with Crippen molar-refractivity contribution in [2.75, 3.05) is 39.3 Å². The number of nitrogens with one attached hydrogen (secondary N) is 1. The molecule has 22 heavy (non-hydrogen) atoms. The number of amides is 2. The van der Waals surface area contributed by atoms with E-state index in [0.717, 1.165) is 45.3 Å². The fraction of sp³-hybridized carbons (Fsp3) is 0.875. The standard InChI is InChI=1S/C16H27N3O3/c1-12-14(17-6-10-22-12)16(21)19-9-4-5-13(11-19)15(20)18-7-2-3-8-18/h12-14,17H,2-11H2,1H3/t12-,13?,14+/m1/s1. The van der Waals surface area contributed by atoms with E-state index < -0.39 is 0 Å². The predicted octanol–water partition coefficient (Wildman–Crippen LogP) is 0.224. The van der Waals surface area contributed by atoms with Crippen LogP contribution < -0.4 is 5.32 Å². The van der Waals surface area contributed by atoms with Gasteiger partial charge in [0.05, 0.1) is 18.6 Å². The number of morpholine rings is 1. The molecule has 3 aliphatic heterocycles. The zero-order valence-corrected chi connectivity index (χ0v) is 13.4. The topological polar surface area (TPSA) is 61.9 Å². The van der Waals surface area contributed by atoms with Gasteiger partial charge in [-0.25, -0.2) is 0 Å². The Kier molecular flexibility index (Phi) is 4.98. The number of carbonyl (C=O) groups excluding carboxylic acids is 2. The lowest BCUT2D eigenvalue weighted by Gasteiger charge is -2.38. The van der Waals surface area contributed by atoms with E-state index in [1.165, 1.54) is 0 Å². The van der Waals surface area contributed by atoms with E-state index in [1.54, 1.807) is 0 Å². The number of hydrogen-bond donors (Lipinski definition) is 1. The highest BCUT2D eigenvalue weighted by molar-refractivity contribution is 5.84. The summed E-state index contributed by atoms with van der Waals surface area (Å²) in [6.07, 6.45) is 3.95. The molecule has 0 aliphatic carbocycles. The minimum absolute atomic E-state index is 0.0179. The summed E-state index contributed by atoms with van der Waals surface area (Å²) in [5.74, 6) is 0.317. The van der Waals surface area contributed by atoms with Crippen LogP contribution in [0.15, 0.2) is 0 Å². The second-order valence-corrected chi connectivity index (χ2v) is 6.66. The van der Waals surface area contributed by atoms with E-state index >= 15 is 0 Å². The van der Waals surface area contributed by atoms with Gasteiger partial charge in [-0.2, -0.15) is 0 Å². The van der Waals surface area contributed by atoms with Gasteiger partial charge in [-0.3, -0.25) is 9.59 Å². The number of carbonyl (C=O) groups is 2. The zero-order valence-electron chi connectivity index (χ0n) is 13.4. The highest BCUT2D eigenvalue weighted by Crippen LogP contribution is 2.22. The van der Waals surface area contributed by atoms with Crippen LogP contribution in [-0.4, -0.2) is 73.1 Å². The van der Waals surface area contributed by atoms with Gasteiger partial charge in [-0.05, 0) is 32.6 Å². The molecule has 0 spiro atoms. The average Bonchev–Trinajstić information content (AvgIpc) is 3.08. The minimum Gasteiger partial charge on any atom is -0.375 e. The highest BCUT2D eigenvalue weighted by atomic mass is 16.5. The average molecular weight is 309 g/mol. The first-order chi connectivity index (χ1) is 10.7. The minimum atomic E-state index is -0.269. The molecule has 0 aromatic carbocycles. The molecule has 3 aliphatic rings. The number of hydrogen-bond acceptors (Lipinski definition) is 4. The van der Waals surface area contributed by atoms with E-state index in [4.69, 9.17) is 4.74 Å². The number of rotatable bonds is 2. The molecule has 1 unspecified atom stereocenters. The normalized spacial score (nSPS) is 33.0. The third kappa shape index (κ3) is 3.27. The molecule has 1 N–H and O–H groups in total. The van der Waals surface area contributed by atoms with Gasteiger partial charge in [0.2, 0.25) is 11.8 Å². The van der Waals surface area contributed by atoms with Gasteiger partial charge in [-0.15, -0.1) is 0 Å². The number of likely N-dealkylation sites (tertiary alicyclic amines) is 2. The van der Waals surface area contributed by atoms with Crippen LogP contribution >= 0.6 is 0 Å². The first-order valence-corrected chi connectivity index (χ1v) is 8.59. The Labute approximate surface area is 132 Å². The van der Waals surface area contributed by atoms with E-state index in [1.807, 2.05) is 16.7 Å². The van der Waals surface area contributed by atoms with Gasteiger partial charge in [0, 0.05) is 32.7 Å². The van der Waals surface area contributed by atoms with Crippen LogP contribution in [0.25, 0.3) is 0 Å². The third-order valence-corrected chi connectivity index (χ3v) is 5.08. The number of nitrogens with zero attached hydrogens (tertiary/aromatic N) is 2. The molecular weight excluding hydrogens is 282 g/mol. The fourth-order valence-corrected chi connectivity index (χ4v) is 3.78. The summed E-state index contributed by atoms with van der Waals surface area (Å²) in [5.41, 5.74) is 0. The molecule has 3 saturated heterocycles. The molecule has 0 radical (unpaired) electrons. The quantitative estimate of drug-likeness (QED) is 0.793. The first-order valence-electron chi connectivity index (χ1n) is 8.59. The van der Waals surface area contributed by atoms with Crippen LogP contribution in [-0.2, 0) is 14.3 Å². The van der Waals surface area contributed by atoms with E-state index in [2.05, 4.69) is 5.32 Å². The van der Waals surface area contributed by atoms with Gasteiger partial charge in [0.15, 0.2) is 0 Å². The van der Waals surface area contributed by atoms with Gasteiger partial charge in [0.25, 0.3) is 0 Å².